The Bertz CT molecular complexity index is 527. The largest absolute Gasteiger partial charge is 0.496 e. The monoisotopic (exact) mass is 434 g/mol. The van der Waals surface area contributed by atoms with Gasteiger partial charge >= 0.3 is 0 Å². The summed E-state index contributed by atoms with van der Waals surface area (Å²) in [6.45, 7) is 6.56. The number of nitrogens with one attached hydrogen (secondary N) is 3. The molecule has 0 saturated carbocycles. The summed E-state index contributed by atoms with van der Waals surface area (Å²) >= 11 is 0. The quantitative estimate of drug-likeness (QED) is 0.376. The van der Waals surface area contributed by atoms with Crippen LogP contribution in [0.15, 0.2) is 29.3 Å². The molecule has 0 unspecified atom stereocenters. The van der Waals surface area contributed by atoms with Gasteiger partial charge in [-0.2, -0.15) is 0 Å². The molecule has 0 aliphatic carbocycles. The Balaban J connectivity index is 0.00000484. The van der Waals surface area contributed by atoms with Gasteiger partial charge in [0.15, 0.2) is 5.96 Å². The molecule has 23 heavy (non-hydrogen) atoms. The van der Waals surface area contributed by atoms with Gasteiger partial charge in [-0.3, -0.25) is 9.79 Å². The van der Waals surface area contributed by atoms with Crippen LogP contribution >= 0.6 is 24.0 Å². The summed E-state index contributed by atoms with van der Waals surface area (Å²) in [7, 11) is 3.31. The number of benzene rings is 1. The SMILES string of the molecule is CN=C(NCC(=O)NC(C)(C)C)NCc1ccccc1OC.I. The topological polar surface area (TPSA) is 74.8 Å². The van der Waals surface area contributed by atoms with Crippen molar-refractivity contribution in [3.8, 4) is 5.75 Å². The van der Waals surface area contributed by atoms with Crippen LogP contribution in [0.2, 0.25) is 0 Å². The molecule has 0 saturated heterocycles. The van der Waals surface area contributed by atoms with Gasteiger partial charge in [0.2, 0.25) is 5.91 Å². The summed E-state index contributed by atoms with van der Waals surface area (Å²) in [5.74, 6) is 1.30. The Kier molecular flexibility index (Phi) is 9.62. The minimum atomic E-state index is -0.243. The number of carbonyl (C=O) groups excluding carboxylic acids is 1. The number of methoxy groups -OCH3 is 1. The summed E-state index contributed by atoms with van der Waals surface area (Å²) in [6, 6.07) is 7.76. The molecule has 1 amide bonds. The average molecular weight is 434 g/mol. The van der Waals surface area contributed by atoms with Crippen LogP contribution in [0, 0.1) is 0 Å². The molecule has 0 bridgehead atoms. The van der Waals surface area contributed by atoms with Gasteiger partial charge in [-0.15, -0.1) is 24.0 Å². The molecule has 1 aromatic rings. The molecule has 0 aliphatic heterocycles. The molecule has 0 aromatic heterocycles. The van der Waals surface area contributed by atoms with Crippen LogP contribution in [0.25, 0.3) is 0 Å². The molecule has 3 N–H and O–H groups in total. The van der Waals surface area contributed by atoms with Gasteiger partial charge in [-0.1, -0.05) is 18.2 Å². The minimum Gasteiger partial charge on any atom is -0.496 e. The first kappa shape index (κ1) is 21.5. The number of hydrogen-bond donors (Lipinski definition) is 3. The Hall–Kier alpha value is -1.51. The molecule has 0 radical (unpaired) electrons. The number of aliphatic imine (C=N–C) groups is 1. The third-order valence-electron chi connectivity index (χ3n) is 2.79. The maximum atomic E-state index is 11.8. The molecular formula is C16H27IN4O2. The van der Waals surface area contributed by atoms with E-state index in [1.54, 1.807) is 14.2 Å². The third kappa shape index (κ3) is 8.63. The van der Waals surface area contributed by atoms with E-state index in [0.29, 0.717) is 12.5 Å². The number of carbonyl (C=O) groups is 1. The summed E-state index contributed by atoms with van der Waals surface area (Å²) < 4.78 is 5.30. The van der Waals surface area contributed by atoms with E-state index in [1.165, 1.54) is 0 Å². The van der Waals surface area contributed by atoms with E-state index < -0.39 is 0 Å². The van der Waals surface area contributed by atoms with Crippen molar-refractivity contribution in [2.24, 2.45) is 4.99 Å². The second kappa shape index (κ2) is 10.3. The van der Waals surface area contributed by atoms with Crippen molar-refractivity contribution in [1.29, 1.82) is 0 Å². The molecule has 0 heterocycles. The van der Waals surface area contributed by atoms with Gasteiger partial charge in [0.05, 0.1) is 13.7 Å². The van der Waals surface area contributed by atoms with Crippen LogP contribution in [0.3, 0.4) is 0 Å². The van der Waals surface area contributed by atoms with Gasteiger partial charge in [0, 0.05) is 24.7 Å². The van der Waals surface area contributed by atoms with Crippen LogP contribution in [-0.2, 0) is 11.3 Å². The van der Waals surface area contributed by atoms with E-state index in [1.807, 2.05) is 45.0 Å². The fourth-order valence-corrected chi connectivity index (χ4v) is 1.88. The highest BCUT2D eigenvalue weighted by atomic mass is 127. The normalized spacial score (nSPS) is 11.3. The summed E-state index contributed by atoms with van der Waals surface area (Å²) in [6.07, 6.45) is 0. The van der Waals surface area contributed by atoms with Crippen molar-refractivity contribution in [3.63, 3.8) is 0 Å². The molecule has 6 nitrogen and oxygen atoms in total. The molecule has 0 spiro atoms. The minimum absolute atomic E-state index is 0. The van der Waals surface area contributed by atoms with Crippen molar-refractivity contribution in [2.45, 2.75) is 32.9 Å². The van der Waals surface area contributed by atoms with Gasteiger partial charge in [0.25, 0.3) is 0 Å². The van der Waals surface area contributed by atoms with Gasteiger partial charge < -0.3 is 20.7 Å². The maximum absolute atomic E-state index is 11.8. The molecule has 7 heteroatoms. The van der Waals surface area contributed by atoms with Crippen LogP contribution in [-0.4, -0.2) is 38.1 Å². The number of ether oxygens (including phenoxy) is 1. The maximum Gasteiger partial charge on any atom is 0.239 e. The van der Waals surface area contributed by atoms with Crippen molar-refractivity contribution < 1.29 is 9.53 Å². The van der Waals surface area contributed by atoms with E-state index >= 15 is 0 Å². The van der Waals surface area contributed by atoms with E-state index in [2.05, 4.69) is 20.9 Å². The average Bonchev–Trinajstić information content (AvgIpc) is 2.46. The summed E-state index contributed by atoms with van der Waals surface area (Å²) in [5.41, 5.74) is 0.778. The number of nitrogens with zero attached hydrogens (tertiary/aromatic N) is 1. The number of halogens is 1. The predicted molar refractivity (Wildman–Crippen MR) is 105 cm³/mol. The number of rotatable bonds is 5. The van der Waals surface area contributed by atoms with E-state index in [0.717, 1.165) is 11.3 Å². The van der Waals surface area contributed by atoms with Crippen molar-refractivity contribution >= 4 is 35.8 Å². The first-order valence-electron chi connectivity index (χ1n) is 7.23. The molecule has 130 valence electrons. The van der Waals surface area contributed by atoms with Crippen LogP contribution in [0.4, 0.5) is 0 Å². The van der Waals surface area contributed by atoms with Crippen LogP contribution in [0.1, 0.15) is 26.3 Å². The highest BCUT2D eigenvalue weighted by Gasteiger charge is 2.13. The number of amides is 1. The van der Waals surface area contributed by atoms with Crippen molar-refractivity contribution in [1.82, 2.24) is 16.0 Å². The Morgan fingerprint density at radius 3 is 2.43 bits per heavy atom. The lowest BCUT2D eigenvalue weighted by molar-refractivity contribution is -0.121. The second-order valence-electron chi connectivity index (χ2n) is 5.89. The first-order chi connectivity index (χ1) is 10.4. The lowest BCUT2D eigenvalue weighted by Crippen LogP contribution is -2.48. The lowest BCUT2D eigenvalue weighted by Gasteiger charge is -2.21. The van der Waals surface area contributed by atoms with Crippen molar-refractivity contribution in [2.75, 3.05) is 20.7 Å². The van der Waals surface area contributed by atoms with Gasteiger partial charge in [-0.05, 0) is 26.8 Å². The van der Waals surface area contributed by atoms with Gasteiger partial charge in [-0.25, -0.2) is 0 Å². The van der Waals surface area contributed by atoms with Crippen molar-refractivity contribution in [3.05, 3.63) is 29.8 Å². The van der Waals surface area contributed by atoms with E-state index in [-0.39, 0.29) is 42.0 Å². The summed E-state index contributed by atoms with van der Waals surface area (Å²) in [4.78, 5) is 15.9. The number of guanidine groups is 1. The lowest BCUT2D eigenvalue weighted by atomic mass is 10.1. The Labute approximate surface area is 155 Å². The predicted octanol–water partition coefficient (Wildman–Crippen LogP) is 1.89. The second-order valence-corrected chi connectivity index (χ2v) is 5.89. The third-order valence-corrected chi connectivity index (χ3v) is 2.79. The van der Waals surface area contributed by atoms with Crippen LogP contribution < -0.4 is 20.7 Å². The molecule has 0 fully saturated rings. The van der Waals surface area contributed by atoms with Crippen LogP contribution in [0.5, 0.6) is 5.75 Å². The number of hydrogen-bond acceptors (Lipinski definition) is 3. The fourth-order valence-electron chi connectivity index (χ4n) is 1.88. The first-order valence-corrected chi connectivity index (χ1v) is 7.23. The highest BCUT2D eigenvalue weighted by molar-refractivity contribution is 14.0. The van der Waals surface area contributed by atoms with Gasteiger partial charge in [0.1, 0.15) is 5.75 Å². The smallest absolute Gasteiger partial charge is 0.239 e. The van der Waals surface area contributed by atoms with E-state index in [4.69, 9.17) is 4.74 Å². The molecule has 1 rings (SSSR count). The highest BCUT2D eigenvalue weighted by Crippen LogP contribution is 2.16. The Morgan fingerprint density at radius 1 is 1.22 bits per heavy atom. The molecule has 0 atom stereocenters. The standard InChI is InChI=1S/C16H26N4O2.HI/c1-16(2,3)20-14(21)11-19-15(17-4)18-10-12-8-6-7-9-13(12)22-5;/h6-9H,10-11H2,1-5H3,(H,20,21)(H2,17,18,19);1H. The molecule has 1 aromatic carbocycles. The Morgan fingerprint density at radius 2 is 1.87 bits per heavy atom. The molecular weight excluding hydrogens is 407 g/mol. The zero-order valence-corrected chi connectivity index (χ0v) is 16.7. The summed E-state index contributed by atoms with van der Waals surface area (Å²) in [5, 5.41) is 9.03. The van der Waals surface area contributed by atoms with E-state index in [9.17, 15) is 4.79 Å². The zero-order valence-electron chi connectivity index (χ0n) is 14.4. The fraction of sp³-hybridized carbons (Fsp3) is 0.500. The molecule has 0 aliphatic rings. The number of para-hydroxylation sites is 1. The zero-order chi connectivity index (χ0) is 16.6.